The Hall–Kier alpha value is -2.50. The summed E-state index contributed by atoms with van der Waals surface area (Å²) in [5.74, 6) is 0. The molecule has 3 heterocycles. The summed E-state index contributed by atoms with van der Waals surface area (Å²) in [4.78, 5) is 8.94. The molecule has 0 saturated carbocycles. The largest absolute Gasteiger partial charge is 0.494 e. The number of pyridine rings is 2. The van der Waals surface area contributed by atoms with Crippen molar-refractivity contribution in [3.63, 3.8) is 0 Å². The van der Waals surface area contributed by atoms with Gasteiger partial charge in [0.05, 0.1) is 11.4 Å². The molecule has 1 aliphatic rings. The summed E-state index contributed by atoms with van der Waals surface area (Å²) < 4.78 is 12.0. The maximum Gasteiger partial charge on any atom is 0.494 e. The second-order valence-electron chi connectivity index (χ2n) is 7.35. The van der Waals surface area contributed by atoms with Crippen LogP contribution in [0.4, 0.5) is 0 Å². The number of benzene rings is 1. The first-order chi connectivity index (χ1) is 12.6. The van der Waals surface area contributed by atoms with Gasteiger partial charge in [0.1, 0.15) is 0 Å². The van der Waals surface area contributed by atoms with E-state index in [9.17, 15) is 0 Å². The Bertz CT molecular complexity index is 872. The van der Waals surface area contributed by atoms with Crippen LogP contribution in [-0.4, -0.2) is 30.3 Å². The Labute approximate surface area is 154 Å². The average Bonchev–Trinajstić information content (AvgIpc) is 2.69. The van der Waals surface area contributed by atoms with Crippen molar-refractivity contribution in [3.05, 3.63) is 67.0 Å². The third-order valence-electron chi connectivity index (χ3n) is 4.47. The Morgan fingerprint density at radius 1 is 0.846 bits per heavy atom. The van der Waals surface area contributed by atoms with E-state index < -0.39 is 0 Å². The van der Waals surface area contributed by atoms with Gasteiger partial charge in [0.2, 0.25) is 0 Å². The molecule has 1 aromatic carbocycles. The first-order valence-electron chi connectivity index (χ1n) is 8.82. The average molecular weight is 344 g/mol. The van der Waals surface area contributed by atoms with Gasteiger partial charge in [-0.3, -0.25) is 9.97 Å². The molecule has 0 unspecified atom stereocenters. The van der Waals surface area contributed by atoms with Gasteiger partial charge in [-0.1, -0.05) is 50.2 Å². The van der Waals surface area contributed by atoms with Gasteiger partial charge in [-0.05, 0) is 34.8 Å². The Balaban J connectivity index is 1.62. The van der Waals surface area contributed by atoms with E-state index in [1.165, 1.54) is 0 Å². The first-order valence-corrected chi connectivity index (χ1v) is 8.82. The smallest absolute Gasteiger partial charge is 0.407 e. The number of nitrogens with zero attached hydrogens (tertiary/aromatic N) is 2. The van der Waals surface area contributed by atoms with Crippen LogP contribution in [0.2, 0.25) is 0 Å². The first kappa shape index (κ1) is 16.9. The summed E-state index contributed by atoms with van der Waals surface area (Å²) in [5, 5.41) is 0. The molecule has 0 atom stereocenters. The molecule has 4 nitrogen and oxygen atoms in total. The van der Waals surface area contributed by atoms with Crippen LogP contribution in [0.25, 0.3) is 22.5 Å². The fourth-order valence-electron chi connectivity index (χ4n) is 3.06. The second-order valence-corrected chi connectivity index (χ2v) is 7.35. The minimum atomic E-state index is -0.338. The van der Waals surface area contributed by atoms with Crippen LogP contribution >= 0.6 is 0 Å². The normalized spacial score (nSPS) is 16.5. The molecular formula is C21H21BN2O2. The molecule has 0 amide bonds. The fourth-order valence-corrected chi connectivity index (χ4v) is 3.06. The maximum absolute atomic E-state index is 5.98. The van der Waals surface area contributed by atoms with E-state index >= 15 is 0 Å². The maximum atomic E-state index is 5.98. The van der Waals surface area contributed by atoms with Gasteiger partial charge in [-0.2, -0.15) is 0 Å². The van der Waals surface area contributed by atoms with Crippen molar-refractivity contribution in [1.29, 1.82) is 0 Å². The summed E-state index contributed by atoms with van der Waals surface area (Å²) in [6.45, 7) is 5.66. The van der Waals surface area contributed by atoms with Crippen molar-refractivity contribution >= 4 is 12.6 Å². The molecule has 1 aliphatic heterocycles. The zero-order valence-corrected chi connectivity index (χ0v) is 15.1. The number of hydrogen-bond donors (Lipinski definition) is 0. The standard InChI is InChI=1S/C21H21BN2O2/c1-21(2)14-25-22(26-15-21)18-8-4-3-7-17(18)16-10-11-20(24-13-16)19-9-5-6-12-23-19/h3-13H,14-15H2,1-2H3. The van der Waals surface area contributed by atoms with Gasteiger partial charge in [0.15, 0.2) is 0 Å². The monoisotopic (exact) mass is 344 g/mol. The molecule has 26 heavy (non-hydrogen) atoms. The highest BCUT2D eigenvalue weighted by Gasteiger charge is 2.34. The van der Waals surface area contributed by atoms with E-state index in [4.69, 9.17) is 9.31 Å². The lowest BCUT2D eigenvalue weighted by Gasteiger charge is -2.33. The molecule has 3 aromatic rings. The van der Waals surface area contributed by atoms with E-state index in [-0.39, 0.29) is 12.5 Å². The lowest BCUT2D eigenvalue weighted by molar-refractivity contribution is 0.0343. The van der Waals surface area contributed by atoms with Gasteiger partial charge >= 0.3 is 7.12 Å². The van der Waals surface area contributed by atoms with Crippen molar-refractivity contribution in [1.82, 2.24) is 9.97 Å². The highest BCUT2D eigenvalue weighted by molar-refractivity contribution is 6.63. The third-order valence-corrected chi connectivity index (χ3v) is 4.47. The number of rotatable bonds is 3. The van der Waals surface area contributed by atoms with Gasteiger partial charge in [0, 0.05) is 31.0 Å². The molecule has 1 saturated heterocycles. The van der Waals surface area contributed by atoms with Gasteiger partial charge in [-0.25, -0.2) is 0 Å². The Morgan fingerprint density at radius 2 is 1.58 bits per heavy atom. The Kier molecular flexibility index (Phi) is 4.58. The van der Waals surface area contributed by atoms with Crippen molar-refractivity contribution in [2.45, 2.75) is 13.8 Å². The molecule has 0 aliphatic carbocycles. The van der Waals surface area contributed by atoms with Gasteiger partial charge in [0.25, 0.3) is 0 Å². The molecule has 2 aromatic heterocycles. The van der Waals surface area contributed by atoms with Crippen molar-refractivity contribution in [2.75, 3.05) is 13.2 Å². The molecule has 4 rings (SSSR count). The van der Waals surface area contributed by atoms with Crippen LogP contribution in [-0.2, 0) is 9.31 Å². The van der Waals surface area contributed by atoms with E-state index in [1.54, 1.807) is 6.20 Å². The molecule has 0 spiro atoms. The summed E-state index contributed by atoms with van der Waals surface area (Å²) in [7, 11) is -0.338. The van der Waals surface area contributed by atoms with Crippen molar-refractivity contribution in [2.24, 2.45) is 5.41 Å². The molecule has 5 heteroatoms. The summed E-state index contributed by atoms with van der Waals surface area (Å²) >= 11 is 0. The van der Waals surface area contributed by atoms with Gasteiger partial charge < -0.3 is 9.31 Å². The molecule has 1 fully saturated rings. The predicted molar refractivity (Wildman–Crippen MR) is 104 cm³/mol. The van der Waals surface area contributed by atoms with Crippen LogP contribution in [0, 0.1) is 5.41 Å². The Morgan fingerprint density at radius 3 is 2.27 bits per heavy atom. The van der Waals surface area contributed by atoms with Gasteiger partial charge in [-0.15, -0.1) is 0 Å². The van der Waals surface area contributed by atoms with E-state index in [0.717, 1.165) is 28.0 Å². The predicted octanol–water partition coefficient (Wildman–Crippen LogP) is 3.58. The topological polar surface area (TPSA) is 44.2 Å². The zero-order valence-electron chi connectivity index (χ0n) is 15.1. The van der Waals surface area contributed by atoms with Crippen molar-refractivity contribution in [3.8, 4) is 22.5 Å². The number of hydrogen-bond acceptors (Lipinski definition) is 4. The molecule has 0 radical (unpaired) electrons. The minimum Gasteiger partial charge on any atom is -0.407 e. The van der Waals surface area contributed by atoms with E-state index in [0.29, 0.717) is 13.2 Å². The van der Waals surface area contributed by atoms with Crippen LogP contribution < -0.4 is 5.46 Å². The van der Waals surface area contributed by atoms with Crippen LogP contribution in [0.5, 0.6) is 0 Å². The SMILES string of the molecule is CC1(C)COB(c2ccccc2-c2ccc(-c3ccccn3)nc2)OC1. The van der Waals surface area contributed by atoms with E-state index in [2.05, 4.69) is 42.0 Å². The third kappa shape index (κ3) is 3.54. The molecular weight excluding hydrogens is 323 g/mol. The number of aromatic nitrogens is 2. The molecule has 130 valence electrons. The lowest BCUT2D eigenvalue weighted by atomic mass is 9.72. The molecule has 0 N–H and O–H groups in total. The quantitative estimate of drug-likeness (QED) is 0.682. The van der Waals surface area contributed by atoms with Crippen LogP contribution in [0.1, 0.15) is 13.8 Å². The highest BCUT2D eigenvalue weighted by atomic mass is 16.6. The summed E-state index contributed by atoms with van der Waals surface area (Å²) in [6, 6.07) is 18.1. The van der Waals surface area contributed by atoms with Crippen LogP contribution in [0.15, 0.2) is 67.0 Å². The molecule has 0 bridgehead atoms. The summed E-state index contributed by atoms with van der Waals surface area (Å²) in [5.41, 5.74) is 4.94. The highest BCUT2D eigenvalue weighted by Crippen LogP contribution is 2.25. The van der Waals surface area contributed by atoms with Crippen molar-refractivity contribution < 1.29 is 9.31 Å². The van der Waals surface area contributed by atoms with E-state index in [1.807, 2.05) is 42.6 Å². The summed E-state index contributed by atoms with van der Waals surface area (Å²) in [6.07, 6.45) is 3.66. The second kappa shape index (κ2) is 7.02. The fraction of sp³-hybridized carbons (Fsp3) is 0.238. The zero-order chi connectivity index (χ0) is 18.0. The lowest BCUT2D eigenvalue weighted by Crippen LogP contribution is -2.48. The minimum absolute atomic E-state index is 0.0529. The van der Waals surface area contributed by atoms with Crippen LogP contribution in [0.3, 0.4) is 0 Å².